The third-order valence-electron chi connectivity index (χ3n) is 3.09. The van der Waals surface area contributed by atoms with E-state index in [1.54, 1.807) is 7.11 Å². The van der Waals surface area contributed by atoms with Crippen LogP contribution in [0.4, 0.5) is 0 Å². The molecule has 0 aliphatic carbocycles. The molecule has 0 aromatic heterocycles. The number of ether oxygens (including phenoxy) is 1. The maximum atomic E-state index is 6.51. The van der Waals surface area contributed by atoms with Gasteiger partial charge >= 0.3 is 0 Å². The van der Waals surface area contributed by atoms with Crippen LogP contribution in [0.15, 0.2) is 18.2 Å². The largest absolute Gasteiger partial charge is 0.496 e. The molecule has 0 aliphatic rings. The molecule has 0 saturated carbocycles. The van der Waals surface area contributed by atoms with E-state index in [1.807, 2.05) is 12.1 Å². The third kappa shape index (κ3) is 4.51. The fraction of sp³-hybridized carbons (Fsp3) is 0.600. The first-order valence-electron chi connectivity index (χ1n) is 6.55. The maximum absolute atomic E-state index is 6.51. The fourth-order valence-electron chi connectivity index (χ4n) is 1.99. The molecule has 3 heteroatoms. The monoisotopic (exact) mass is 269 g/mol. The Labute approximate surface area is 116 Å². The highest BCUT2D eigenvalue weighted by Crippen LogP contribution is 2.31. The average Bonchev–Trinajstić information content (AvgIpc) is 2.36. The van der Waals surface area contributed by atoms with Crippen LogP contribution in [0.5, 0.6) is 5.75 Å². The SMILES string of the molecule is CCCCN(C)CC(Cl)c1cc(C)ccc1OC. The zero-order chi connectivity index (χ0) is 13.5. The van der Waals surface area contributed by atoms with Gasteiger partial charge in [0, 0.05) is 12.1 Å². The normalized spacial score (nSPS) is 12.8. The second-order valence-corrected chi connectivity index (χ2v) is 5.36. The molecule has 1 atom stereocenters. The number of nitrogens with zero attached hydrogens (tertiary/aromatic N) is 1. The van der Waals surface area contributed by atoms with Gasteiger partial charge in [-0.2, -0.15) is 0 Å². The average molecular weight is 270 g/mol. The van der Waals surface area contributed by atoms with Crippen molar-refractivity contribution >= 4 is 11.6 Å². The van der Waals surface area contributed by atoms with Gasteiger partial charge in [-0.1, -0.05) is 31.0 Å². The highest BCUT2D eigenvalue weighted by molar-refractivity contribution is 6.21. The summed E-state index contributed by atoms with van der Waals surface area (Å²) in [4.78, 5) is 2.28. The van der Waals surface area contributed by atoms with E-state index in [4.69, 9.17) is 16.3 Å². The molecule has 1 unspecified atom stereocenters. The molecule has 18 heavy (non-hydrogen) atoms. The number of hydrogen-bond donors (Lipinski definition) is 0. The van der Waals surface area contributed by atoms with Gasteiger partial charge in [-0.3, -0.25) is 0 Å². The number of aryl methyl sites for hydroxylation is 1. The molecule has 2 nitrogen and oxygen atoms in total. The van der Waals surface area contributed by atoms with Crippen molar-refractivity contribution in [1.82, 2.24) is 4.90 Å². The van der Waals surface area contributed by atoms with Gasteiger partial charge in [0.25, 0.3) is 0 Å². The molecule has 0 fully saturated rings. The first kappa shape index (κ1) is 15.3. The summed E-state index contributed by atoms with van der Waals surface area (Å²) in [6.45, 7) is 6.22. The minimum absolute atomic E-state index is 0.0262. The number of likely N-dealkylation sites (N-methyl/N-ethyl adjacent to an activating group) is 1. The second-order valence-electron chi connectivity index (χ2n) is 4.83. The number of unbranched alkanes of at least 4 members (excludes halogenated alkanes) is 1. The quantitative estimate of drug-likeness (QED) is 0.694. The van der Waals surface area contributed by atoms with Crippen molar-refractivity contribution in [1.29, 1.82) is 0 Å². The highest BCUT2D eigenvalue weighted by atomic mass is 35.5. The lowest BCUT2D eigenvalue weighted by atomic mass is 10.1. The number of halogens is 1. The van der Waals surface area contributed by atoms with Crippen molar-refractivity contribution in [2.75, 3.05) is 27.2 Å². The zero-order valence-electron chi connectivity index (χ0n) is 11.9. The Morgan fingerprint density at radius 3 is 2.72 bits per heavy atom. The molecule has 0 amide bonds. The van der Waals surface area contributed by atoms with Crippen molar-refractivity contribution in [3.63, 3.8) is 0 Å². The number of alkyl halides is 1. The van der Waals surface area contributed by atoms with Gasteiger partial charge in [0.05, 0.1) is 12.5 Å². The van der Waals surface area contributed by atoms with Crippen LogP contribution in [-0.2, 0) is 0 Å². The van der Waals surface area contributed by atoms with Gasteiger partial charge < -0.3 is 9.64 Å². The lowest BCUT2D eigenvalue weighted by Crippen LogP contribution is -2.24. The summed E-state index contributed by atoms with van der Waals surface area (Å²) in [6.07, 6.45) is 2.43. The number of rotatable bonds is 7. The lowest BCUT2D eigenvalue weighted by molar-refractivity contribution is 0.325. The van der Waals surface area contributed by atoms with E-state index >= 15 is 0 Å². The smallest absolute Gasteiger partial charge is 0.123 e. The van der Waals surface area contributed by atoms with E-state index in [2.05, 4.69) is 31.9 Å². The van der Waals surface area contributed by atoms with Crippen LogP contribution in [0.3, 0.4) is 0 Å². The minimum atomic E-state index is -0.0262. The van der Waals surface area contributed by atoms with E-state index < -0.39 is 0 Å². The molecule has 0 radical (unpaired) electrons. The molecule has 1 aromatic rings. The summed E-state index contributed by atoms with van der Waals surface area (Å²) in [7, 11) is 3.81. The van der Waals surface area contributed by atoms with Gasteiger partial charge in [-0.05, 0) is 33.0 Å². The Hall–Kier alpha value is -0.730. The Morgan fingerprint density at radius 2 is 2.11 bits per heavy atom. The second kappa shape index (κ2) is 7.65. The fourth-order valence-corrected chi connectivity index (χ4v) is 2.40. The molecule has 1 rings (SSSR count). The summed E-state index contributed by atoms with van der Waals surface area (Å²) in [6, 6.07) is 6.16. The van der Waals surface area contributed by atoms with Crippen LogP contribution in [0.1, 0.15) is 36.3 Å². The van der Waals surface area contributed by atoms with Crippen LogP contribution in [0.25, 0.3) is 0 Å². The molecule has 0 heterocycles. The van der Waals surface area contributed by atoms with E-state index in [-0.39, 0.29) is 5.38 Å². The molecule has 102 valence electrons. The van der Waals surface area contributed by atoms with E-state index in [9.17, 15) is 0 Å². The first-order valence-corrected chi connectivity index (χ1v) is 6.99. The molecule has 0 spiro atoms. The molecular weight excluding hydrogens is 246 g/mol. The lowest BCUT2D eigenvalue weighted by Gasteiger charge is -2.21. The maximum Gasteiger partial charge on any atom is 0.123 e. The van der Waals surface area contributed by atoms with Crippen LogP contribution in [0.2, 0.25) is 0 Å². The molecule has 0 saturated heterocycles. The van der Waals surface area contributed by atoms with Crippen molar-refractivity contribution < 1.29 is 4.74 Å². The Bertz CT molecular complexity index is 368. The van der Waals surface area contributed by atoms with Gasteiger partial charge in [-0.15, -0.1) is 11.6 Å². The van der Waals surface area contributed by atoms with Gasteiger partial charge in [0.2, 0.25) is 0 Å². The van der Waals surface area contributed by atoms with E-state index in [1.165, 1.54) is 18.4 Å². The Balaban J connectivity index is 2.70. The van der Waals surface area contributed by atoms with Crippen molar-refractivity contribution in [2.45, 2.75) is 32.1 Å². The Morgan fingerprint density at radius 1 is 1.39 bits per heavy atom. The van der Waals surface area contributed by atoms with Gasteiger partial charge in [0.1, 0.15) is 5.75 Å². The zero-order valence-corrected chi connectivity index (χ0v) is 12.6. The predicted octanol–water partition coefficient (Wildman–Crippen LogP) is 4.02. The standard InChI is InChI=1S/C15H24ClNO/c1-5-6-9-17(3)11-14(16)13-10-12(2)7-8-15(13)18-4/h7-8,10,14H,5-6,9,11H2,1-4H3. The summed E-state index contributed by atoms with van der Waals surface area (Å²) < 4.78 is 5.38. The molecular formula is C15H24ClNO. The topological polar surface area (TPSA) is 12.5 Å². The van der Waals surface area contributed by atoms with Crippen molar-refractivity contribution in [2.24, 2.45) is 0 Å². The highest BCUT2D eigenvalue weighted by Gasteiger charge is 2.15. The van der Waals surface area contributed by atoms with Crippen molar-refractivity contribution in [3.05, 3.63) is 29.3 Å². The van der Waals surface area contributed by atoms with Crippen LogP contribution in [0, 0.1) is 6.92 Å². The molecule has 1 aromatic carbocycles. The van der Waals surface area contributed by atoms with Crippen molar-refractivity contribution in [3.8, 4) is 5.75 Å². The summed E-state index contributed by atoms with van der Waals surface area (Å²) in [5.41, 5.74) is 2.30. The number of benzene rings is 1. The van der Waals surface area contributed by atoms with Gasteiger partial charge in [0.15, 0.2) is 0 Å². The summed E-state index contributed by atoms with van der Waals surface area (Å²) >= 11 is 6.51. The number of methoxy groups -OCH3 is 1. The van der Waals surface area contributed by atoms with E-state index in [0.29, 0.717) is 0 Å². The molecule has 0 aliphatic heterocycles. The molecule has 0 bridgehead atoms. The van der Waals surface area contributed by atoms with Gasteiger partial charge in [-0.25, -0.2) is 0 Å². The summed E-state index contributed by atoms with van der Waals surface area (Å²) in [5.74, 6) is 0.879. The Kier molecular flexibility index (Phi) is 6.51. The molecule has 0 N–H and O–H groups in total. The summed E-state index contributed by atoms with van der Waals surface area (Å²) in [5, 5.41) is -0.0262. The first-order chi connectivity index (χ1) is 8.58. The number of hydrogen-bond acceptors (Lipinski definition) is 2. The van der Waals surface area contributed by atoms with E-state index in [0.717, 1.165) is 24.4 Å². The van der Waals surface area contributed by atoms with Crippen LogP contribution >= 0.6 is 11.6 Å². The minimum Gasteiger partial charge on any atom is -0.496 e. The van der Waals surface area contributed by atoms with Crippen LogP contribution < -0.4 is 4.74 Å². The third-order valence-corrected chi connectivity index (χ3v) is 3.46. The van der Waals surface area contributed by atoms with Crippen LogP contribution in [-0.4, -0.2) is 32.1 Å². The predicted molar refractivity (Wildman–Crippen MR) is 78.7 cm³/mol.